The summed E-state index contributed by atoms with van der Waals surface area (Å²) in [7, 11) is 0. The number of hydrogen-bond donors (Lipinski definition) is 4. The van der Waals surface area contributed by atoms with E-state index in [1.165, 1.54) is 11.3 Å². The SMILES string of the molecule is Cc1nc(-c2ccc(OCCCCCOc3ccc(C(=N)NO)cc3)cc2)c(NC(=O)c2ccncc2)s1. The van der Waals surface area contributed by atoms with E-state index in [0.29, 0.717) is 29.3 Å². The van der Waals surface area contributed by atoms with Crippen LogP contribution in [0.1, 0.15) is 40.2 Å². The van der Waals surface area contributed by atoms with E-state index in [2.05, 4.69) is 15.3 Å². The van der Waals surface area contributed by atoms with E-state index in [1.54, 1.807) is 48.8 Å². The molecule has 9 nitrogen and oxygen atoms in total. The van der Waals surface area contributed by atoms with Crippen LogP contribution in [0.5, 0.6) is 11.5 Å². The van der Waals surface area contributed by atoms with Crippen LogP contribution in [0, 0.1) is 12.3 Å². The van der Waals surface area contributed by atoms with Crippen molar-refractivity contribution in [2.45, 2.75) is 26.2 Å². The molecule has 38 heavy (non-hydrogen) atoms. The van der Waals surface area contributed by atoms with Crippen LogP contribution in [0.4, 0.5) is 5.00 Å². The Morgan fingerprint density at radius 2 is 1.50 bits per heavy atom. The first-order chi connectivity index (χ1) is 18.5. The molecule has 2 aromatic carbocycles. The fraction of sp³-hybridized carbons (Fsp3) is 0.214. The van der Waals surface area contributed by atoms with E-state index in [1.807, 2.05) is 36.7 Å². The zero-order valence-corrected chi connectivity index (χ0v) is 21.8. The van der Waals surface area contributed by atoms with E-state index < -0.39 is 0 Å². The number of carbonyl (C=O) groups is 1. The van der Waals surface area contributed by atoms with Crippen LogP contribution in [0.3, 0.4) is 0 Å². The smallest absolute Gasteiger partial charge is 0.256 e. The van der Waals surface area contributed by atoms with Gasteiger partial charge in [0.05, 0.1) is 18.2 Å². The van der Waals surface area contributed by atoms with Gasteiger partial charge in [-0.05, 0) is 86.8 Å². The molecule has 0 radical (unpaired) electrons. The second kappa shape index (κ2) is 13.3. The van der Waals surface area contributed by atoms with Gasteiger partial charge in [0.1, 0.15) is 28.0 Å². The van der Waals surface area contributed by atoms with Gasteiger partial charge >= 0.3 is 0 Å². The summed E-state index contributed by atoms with van der Waals surface area (Å²) in [6.07, 6.45) is 5.95. The summed E-state index contributed by atoms with van der Waals surface area (Å²) in [5, 5.41) is 20.8. The summed E-state index contributed by atoms with van der Waals surface area (Å²) in [6, 6.07) is 18.1. The van der Waals surface area contributed by atoms with E-state index >= 15 is 0 Å². The first-order valence-corrected chi connectivity index (χ1v) is 13.0. The summed E-state index contributed by atoms with van der Waals surface area (Å²) in [5.74, 6) is 1.26. The molecule has 1 amide bonds. The molecule has 0 aliphatic heterocycles. The van der Waals surface area contributed by atoms with Crippen LogP contribution in [0.15, 0.2) is 73.1 Å². The first-order valence-electron chi connectivity index (χ1n) is 12.2. The first kappa shape index (κ1) is 26.8. The molecular weight excluding hydrogens is 502 g/mol. The number of aromatic nitrogens is 2. The zero-order chi connectivity index (χ0) is 26.7. The summed E-state index contributed by atoms with van der Waals surface area (Å²) in [4.78, 5) is 21.2. The number of unbranched alkanes of at least 4 members (excludes halogenated alkanes) is 2. The van der Waals surface area contributed by atoms with Crippen LogP contribution < -0.4 is 20.3 Å². The maximum atomic E-state index is 12.6. The molecule has 0 unspecified atom stereocenters. The lowest BCUT2D eigenvalue weighted by molar-refractivity contribution is 0.102. The van der Waals surface area contributed by atoms with Crippen LogP contribution >= 0.6 is 11.3 Å². The molecular formula is C28H29N5O4S. The van der Waals surface area contributed by atoms with E-state index in [9.17, 15) is 4.79 Å². The Morgan fingerprint density at radius 3 is 2.11 bits per heavy atom. The van der Waals surface area contributed by atoms with Crippen molar-refractivity contribution in [2.24, 2.45) is 0 Å². The monoisotopic (exact) mass is 531 g/mol. The van der Waals surface area contributed by atoms with Crippen LogP contribution in [-0.2, 0) is 0 Å². The van der Waals surface area contributed by atoms with Crippen molar-refractivity contribution in [1.82, 2.24) is 15.4 Å². The Morgan fingerprint density at radius 1 is 0.895 bits per heavy atom. The van der Waals surface area contributed by atoms with Gasteiger partial charge in [-0.25, -0.2) is 4.98 Å². The minimum atomic E-state index is -0.197. The number of nitrogens with one attached hydrogen (secondary N) is 3. The number of carbonyl (C=O) groups excluding carboxylic acids is 1. The number of anilines is 1. The number of nitrogens with zero attached hydrogens (tertiary/aromatic N) is 2. The summed E-state index contributed by atoms with van der Waals surface area (Å²) >= 11 is 1.44. The summed E-state index contributed by atoms with van der Waals surface area (Å²) in [5.41, 5.74) is 4.59. The lowest BCUT2D eigenvalue weighted by Crippen LogP contribution is -2.18. The third kappa shape index (κ3) is 7.37. The van der Waals surface area contributed by atoms with Gasteiger partial charge in [0.25, 0.3) is 5.91 Å². The van der Waals surface area contributed by atoms with E-state index in [4.69, 9.17) is 20.1 Å². The number of pyridine rings is 1. The summed E-state index contributed by atoms with van der Waals surface area (Å²) < 4.78 is 11.6. The van der Waals surface area contributed by atoms with Crippen LogP contribution in [0.25, 0.3) is 11.3 Å². The molecule has 0 bridgehead atoms. The fourth-order valence-corrected chi connectivity index (χ4v) is 4.47. The zero-order valence-electron chi connectivity index (χ0n) is 20.9. The maximum Gasteiger partial charge on any atom is 0.256 e. The van der Waals surface area contributed by atoms with Crippen molar-refractivity contribution in [3.05, 3.63) is 89.2 Å². The molecule has 0 aliphatic rings. The number of aryl methyl sites for hydroxylation is 1. The number of thiazole rings is 1. The molecule has 0 spiro atoms. The topological polar surface area (TPSA) is 129 Å². The largest absolute Gasteiger partial charge is 0.494 e. The Bertz CT molecular complexity index is 1340. The minimum absolute atomic E-state index is 0.0559. The molecule has 2 heterocycles. The van der Waals surface area contributed by atoms with Crippen molar-refractivity contribution in [2.75, 3.05) is 18.5 Å². The number of amidine groups is 1. The van der Waals surface area contributed by atoms with Gasteiger partial charge in [-0.15, -0.1) is 11.3 Å². The second-order valence-corrected chi connectivity index (χ2v) is 9.60. The predicted octanol–water partition coefficient (Wildman–Crippen LogP) is 5.70. The molecule has 0 aliphatic carbocycles. The minimum Gasteiger partial charge on any atom is -0.494 e. The molecule has 4 rings (SSSR count). The maximum absolute atomic E-state index is 12.6. The number of amides is 1. The number of rotatable bonds is 12. The number of benzene rings is 2. The Hall–Kier alpha value is -4.28. The third-order valence-corrected chi connectivity index (χ3v) is 6.50. The molecule has 0 atom stereocenters. The Balaban J connectivity index is 1.19. The van der Waals surface area contributed by atoms with Crippen molar-refractivity contribution < 1.29 is 19.5 Å². The highest BCUT2D eigenvalue weighted by Gasteiger charge is 2.15. The van der Waals surface area contributed by atoms with Gasteiger partial charge in [-0.1, -0.05) is 0 Å². The number of ether oxygens (including phenoxy) is 2. The fourth-order valence-electron chi connectivity index (χ4n) is 3.64. The molecule has 2 aromatic heterocycles. The van der Waals surface area contributed by atoms with Crippen molar-refractivity contribution >= 4 is 28.1 Å². The average molecular weight is 532 g/mol. The molecule has 4 N–H and O–H groups in total. The van der Waals surface area contributed by atoms with Gasteiger partial charge in [0.15, 0.2) is 0 Å². The normalized spacial score (nSPS) is 10.6. The number of hydrogen-bond acceptors (Lipinski definition) is 8. The van der Waals surface area contributed by atoms with Gasteiger partial charge in [-0.2, -0.15) is 0 Å². The Labute approximate surface area is 225 Å². The summed E-state index contributed by atoms with van der Waals surface area (Å²) in [6.45, 7) is 3.11. The second-order valence-electron chi connectivity index (χ2n) is 8.39. The highest BCUT2D eigenvalue weighted by Crippen LogP contribution is 2.34. The molecule has 4 aromatic rings. The van der Waals surface area contributed by atoms with Crippen molar-refractivity contribution in [3.63, 3.8) is 0 Å². The van der Waals surface area contributed by atoms with Crippen LogP contribution in [-0.4, -0.2) is 40.1 Å². The number of hydroxylamine groups is 1. The van der Waals surface area contributed by atoms with Gasteiger partial charge in [0.2, 0.25) is 0 Å². The van der Waals surface area contributed by atoms with Gasteiger partial charge in [-0.3, -0.25) is 25.9 Å². The van der Waals surface area contributed by atoms with Gasteiger partial charge in [0, 0.05) is 29.1 Å². The highest BCUT2D eigenvalue weighted by atomic mass is 32.1. The van der Waals surface area contributed by atoms with E-state index in [0.717, 1.165) is 47.0 Å². The van der Waals surface area contributed by atoms with Crippen molar-refractivity contribution in [1.29, 1.82) is 5.41 Å². The van der Waals surface area contributed by atoms with Gasteiger partial charge < -0.3 is 14.8 Å². The molecule has 0 fully saturated rings. The van der Waals surface area contributed by atoms with Crippen molar-refractivity contribution in [3.8, 4) is 22.8 Å². The molecule has 0 saturated heterocycles. The average Bonchev–Trinajstić information content (AvgIpc) is 3.32. The standard InChI is InChI=1S/C28H29N5O4S/c1-19-31-25(28(38-19)32-27(34)22-13-15-30-16-14-22)20-5-9-23(10-6-20)36-17-3-2-4-18-37-24-11-7-21(8-12-24)26(29)33-35/h5-16,35H,2-4,17-18H2,1H3,(H2,29,33)(H,32,34). The predicted molar refractivity (Wildman–Crippen MR) is 148 cm³/mol. The quantitative estimate of drug-likeness (QED) is 0.0799. The van der Waals surface area contributed by atoms with Crippen LogP contribution in [0.2, 0.25) is 0 Å². The Kier molecular flexibility index (Phi) is 9.38. The molecule has 0 saturated carbocycles. The lowest BCUT2D eigenvalue weighted by Gasteiger charge is -2.09. The highest BCUT2D eigenvalue weighted by molar-refractivity contribution is 7.16. The lowest BCUT2D eigenvalue weighted by atomic mass is 10.1. The molecule has 196 valence electrons. The third-order valence-electron chi connectivity index (χ3n) is 5.61. The molecule has 10 heteroatoms. The van der Waals surface area contributed by atoms with E-state index in [-0.39, 0.29) is 11.7 Å².